The number of benzene rings is 2. The summed E-state index contributed by atoms with van der Waals surface area (Å²) in [5.74, 6) is 0. The quantitative estimate of drug-likeness (QED) is 0.744. The van der Waals surface area contributed by atoms with Gasteiger partial charge in [-0.15, -0.1) is 0 Å². The van der Waals surface area contributed by atoms with Gasteiger partial charge in [-0.05, 0) is 50.4 Å². The molecule has 0 unspecified atom stereocenters. The summed E-state index contributed by atoms with van der Waals surface area (Å²) in [4.78, 5) is 4.38. The number of hydrogen-bond donors (Lipinski definition) is 0. The van der Waals surface area contributed by atoms with Crippen molar-refractivity contribution in [1.29, 1.82) is 0 Å². The van der Waals surface area contributed by atoms with E-state index in [-0.39, 0.29) is 0 Å². The molecule has 0 atom stereocenters. The Labute approximate surface area is 134 Å². The van der Waals surface area contributed by atoms with Gasteiger partial charge in [-0.25, -0.2) is 0 Å². The van der Waals surface area contributed by atoms with Gasteiger partial charge in [-0.3, -0.25) is 0 Å². The first-order valence-corrected chi connectivity index (χ1v) is 7.68. The smallest absolute Gasteiger partial charge is 0.0227 e. The molecule has 0 heterocycles. The standard InChI is InChI=1S/C20H26N2/c1-21(2)15-19-9-5-7-17(13-19)11-12-18-8-6-10-20(14-18)16-22(3)4/h5-14H,15-16H2,1-4H3. The van der Waals surface area contributed by atoms with E-state index in [1.807, 2.05) is 0 Å². The van der Waals surface area contributed by atoms with E-state index in [1.54, 1.807) is 0 Å². The van der Waals surface area contributed by atoms with Gasteiger partial charge in [0.1, 0.15) is 0 Å². The lowest BCUT2D eigenvalue weighted by molar-refractivity contribution is 0.402. The summed E-state index contributed by atoms with van der Waals surface area (Å²) in [5.41, 5.74) is 5.18. The molecule has 2 heteroatoms. The molecule has 0 aliphatic heterocycles. The third-order valence-corrected chi connectivity index (χ3v) is 3.37. The van der Waals surface area contributed by atoms with Crippen LogP contribution < -0.4 is 0 Å². The van der Waals surface area contributed by atoms with Crippen LogP contribution in [0.15, 0.2) is 48.5 Å². The van der Waals surface area contributed by atoms with E-state index >= 15 is 0 Å². The Balaban J connectivity index is 2.11. The molecule has 0 aliphatic carbocycles. The molecule has 0 spiro atoms. The third kappa shape index (κ3) is 5.47. The first-order chi connectivity index (χ1) is 10.5. The van der Waals surface area contributed by atoms with Crippen LogP contribution in [0.5, 0.6) is 0 Å². The zero-order valence-electron chi connectivity index (χ0n) is 14.1. The molecule has 0 saturated heterocycles. The van der Waals surface area contributed by atoms with Crippen LogP contribution in [0, 0.1) is 0 Å². The van der Waals surface area contributed by atoms with Crippen LogP contribution in [-0.4, -0.2) is 38.0 Å². The lowest BCUT2D eigenvalue weighted by Gasteiger charge is -2.10. The molecule has 0 fully saturated rings. The molecular formula is C20H26N2. The van der Waals surface area contributed by atoms with Crippen LogP contribution in [-0.2, 0) is 13.1 Å². The molecule has 0 aromatic heterocycles. The molecule has 0 bridgehead atoms. The van der Waals surface area contributed by atoms with Gasteiger partial charge in [0.2, 0.25) is 0 Å². The molecule has 22 heavy (non-hydrogen) atoms. The Morgan fingerprint density at radius 2 is 1.09 bits per heavy atom. The molecule has 0 saturated carbocycles. The van der Waals surface area contributed by atoms with Gasteiger partial charge >= 0.3 is 0 Å². The van der Waals surface area contributed by atoms with Crippen molar-refractivity contribution < 1.29 is 0 Å². The highest BCUT2D eigenvalue weighted by Gasteiger charge is 1.97. The van der Waals surface area contributed by atoms with Crippen molar-refractivity contribution >= 4 is 12.2 Å². The summed E-state index contributed by atoms with van der Waals surface area (Å²) in [6.45, 7) is 1.94. The van der Waals surface area contributed by atoms with E-state index in [0.29, 0.717) is 0 Å². The second-order valence-electron chi connectivity index (χ2n) is 6.30. The minimum atomic E-state index is 0.972. The summed E-state index contributed by atoms with van der Waals surface area (Å²) in [5, 5.41) is 0. The number of nitrogens with zero attached hydrogens (tertiary/aromatic N) is 2. The predicted molar refractivity (Wildman–Crippen MR) is 96.6 cm³/mol. The highest BCUT2D eigenvalue weighted by molar-refractivity contribution is 5.70. The SMILES string of the molecule is CN(C)Cc1cccc(C=Cc2cccc(CN(C)C)c2)c1. The molecule has 2 nitrogen and oxygen atoms in total. The molecule has 2 rings (SSSR count). The van der Waals surface area contributed by atoms with Crippen molar-refractivity contribution in [1.82, 2.24) is 9.80 Å². The Morgan fingerprint density at radius 1 is 0.682 bits per heavy atom. The summed E-state index contributed by atoms with van der Waals surface area (Å²) < 4.78 is 0. The normalized spacial score (nSPS) is 11.7. The predicted octanol–water partition coefficient (Wildman–Crippen LogP) is 3.98. The molecule has 2 aromatic rings. The maximum Gasteiger partial charge on any atom is 0.0227 e. The Kier molecular flexibility index (Phi) is 5.93. The molecule has 0 N–H and O–H groups in total. The highest BCUT2D eigenvalue weighted by Crippen LogP contribution is 2.13. The second-order valence-corrected chi connectivity index (χ2v) is 6.30. The Morgan fingerprint density at radius 3 is 1.45 bits per heavy atom. The zero-order chi connectivity index (χ0) is 15.9. The first-order valence-electron chi connectivity index (χ1n) is 7.68. The van der Waals surface area contributed by atoms with Crippen molar-refractivity contribution in [2.45, 2.75) is 13.1 Å². The van der Waals surface area contributed by atoms with Crippen molar-refractivity contribution in [3.05, 3.63) is 70.8 Å². The minimum Gasteiger partial charge on any atom is -0.305 e. The molecule has 116 valence electrons. The minimum absolute atomic E-state index is 0.972. The van der Waals surface area contributed by atoms with Crippen LogP contribution in [0.25, 0.3) is 12.2 Å². The van der Waals surface area contributed by atoms with E-state index in [4.69, 9.17) is 0 Å². The molecule has 2 aromatic carbocycles. The van der Waals surface area contributed by atoms with Crippen LogP contribution in [0.3, 0.4) is 0 Å². The zero-order valence-corrected chi connectivity index (χ0v) is 14.1. The average Bonchev–Trinajstić information content (AvgIpc) is 2.44. The van der Waals surface area contributed by atoms with E-state index in [9.17, 15) is 0 Å². The first kappa shape index (κ1) is 16.5. The van der Waals surface area contributed by atoms with E-state index in [2.05, 4.69) is 98.7 Å². The van der Waals surface area contributed by atoms with Gasteiger partial charge in [0.25, 0.3) is 0 Å². The largest absolute Gasteiger partial charge is 0.305 e. The topological polar surface area (TPSA) is 6.48 Å². The van der Waals surface area contributed by atoms with Crippen LogP contribution >= 0.6 is 0 Å². The van der Waals surface area contributed by atoms with E-state index in [0.717, 1.165) is 13.1 Å². The Bertz CT molecular complexity index is 572. The summed E-state index contributed by atoms with van der Waals surface area (Å²) in [6.07, 6.45) is 4.38. The van der Waals surface area contributed by atoms with Gasteiger partial charge in [0, 0.05) is 13.1 Å². The van der Waals surface area contributed by atoms with Gasteiger partial charge in [0.05, 0.1) is 0 Å². The summed E-state index contributed by atoms with van der Waals surface area (Å²) >= 11 is 0. The number of rotatable bonds is 6. The van der Waals surface area contributed by atoms with Gasteiger partial charge in [-0.1, -0.05) is 60.7 Å². The van der Waals surface area contributed by atoms with Gasteiger partial charge < -0.3 is 9.80 Å². The molecule has 0 radical (unpaired) electrons. The summed E-state index contributed by atoms with van der Waals surface area (Å²) in [7, 11) is 8.38. The second kappa shape index (κ2) is 7.92. The van der Waals surface area contributed by atoms with Crippen molar-refractivity contribution in [2.24, 2.45) is 0 Å². The lowest BCUT2D eigenvalue weighted by Crippen LogP contribution is -2.10. The van der Waals surface area contributed by atoms with Crippen molar-refractivity contribution in [3.8, 4) is 0 Å². The molecular weight excluding hydrogens is 268 g/mol. The molecule has 0 aliphatic rings. The van der Waals surface area contributed by atoms with Crippen LogP contribution in [0.1, 0.15) is 22.3 Å². The summed E-state index contributed by atoms with van der Waals surface area (Å²) in [6, 6.07) is 17.4. The number of hydrogen-bond acceptors (Lipinski definition) is 2. The maximum atomic E-state index is 2.25. The van der Waals surface area contributed by atoms with E-state index in [1.165, 1.54) is 22.3 Å². The molecule has 0 amide bonds. The van der Waals surface area contributed by atoms with Gasteiger partial charge in [0.15, 0.2) is 0 Å². The van der Waals surface area contributed by atoms with Crippen molar-refractivity contribution in [2.75, 3.05) is 28.2 Å². The fourth-order valence-corrected chi connectivity index (χ4v) is 2.51. The monoisotopic (exact) mass is 294 g/mol. The van der Waals surface area contributed by atoms with Gasteiger partial charge in [-0.2, -0.15) is 0 Å². The lowest BCUT2D eigenvalue weighted by atomic mass is 10.1. The fourth-order valence-electron chi connectivity index (χ4n) is 2.51. The van der Waals surface area contributed by atoms with Crippen LogP contribution in [0.4, 0.5) is 0 Å². The van der Waals surface area contributed by atoms with Crippen molar-refractivity contribution in [3.63, 3.8) is 0 Å². The maximum absolute atomic E-state index is 2.25. The highest BCUT2D eigenvalue weighted by atomic mass is 15.1. The average molecular weight is 294 g/mol. The fraction of sp³-hybridized carbons (Fsp3) is 0.300. The van der Waals surface area contributed by atoms with Crippen LogP contribution in [0.2, 0.25) is 0 Å². The Hall–Kier alpha value is -1.90. The third-order valence-electron chi connectivity index (χ3n) is 3.37. The van der Waals surface area contributed by atoms with E-state index < -0.39 is 0 Å².